The molecule has 1 amide bonds. The fraction of sp³-hybridized carbons (Fsp3) is 0.529. The molecule has 2 rings (SSSR count). The van der Waals surface area contributed by atoms with Crippen molar-refractivity contribution in [2.24, 2.45) is 4.99 Å². The van der Waals surface area contributed by atoms with E-state index in [-0.39, 0.29) is 22.7 Å². The van der Waals surface area contributed by atoms with E-state index in [4.69, 9.17) is 4.74 Å². The van der Waals surface area contributed by atoms with Crippen LogP contribution in [0.15, 0.2) is 34.2 Å². The smallest absolute Gasteiger partial charge is 0.263 e. The minimum Gasteiger partial charge on any atom is -0.383 e. The number of unbranched alkanes of at least 4 members (excludes halogenated alkanes) is 1. The monoisotopic (exact) mass is 367 g/mol. The Morgan fingerprint density at radius 2 is 2.08 bits per heavy atom. The highest BCUT2D eigenvalue weighted by Crippen LogP contribution is 2.23. The second kappa shape index (κ2) is 8.44. The first-order chi connectivity index (χ1) is 11.9. The number of rotatable bonds is 8. The molecular formula is C17H25N3O4S. The number of amidine groups is 1. The van der Waals surface area contributed by atoms with Gasteiger partial charge in [0.15, 0.2) is 0 Å². The summed E-state index contributed by atoms with van der Waals surface area (Å²) in [7, 11) is -2.04. The van der Waals surface area contributed by atoms with Crippen LogP contribution in [-0.2, 0) is 19.6 Å². The fourth-order valence-electron chi connectivity index (χ4n) is 2.67. The van der Waals surface area contributed by atoms with E-state index in [1.807, 2.05) is 13.8 Å². The van der Waals surface area contributed by atoms with Crippen LogP contribution >= 0.6 is 0 Å². The summed E-state index contributed by atoms with van der Waals surface area (Å²) in [4.78, 5) is 17.2. The highest BCUT2D eigenvalue weighted by molar-refractivity contribution is 7.90. The van der Waals surface area contributed by atoms with Gasteiger partial charge in [-0.15, -0.1) is 0 Å². The Morgan fingerprint density at radius 1 is 1.36 bits per heavy atom. The number of aliphatic imine (C=N–C) groups is 1. The number of hydrogen-bond acceptors (Lipinski definition) is 5. The zero-order valence-electron chi connectivity index (χ0n) is 14.8. The fourth-order valence-corrected chi connectivity index (χ4v) is 3.91. The van der Waals surface area contributed by atoms with E-state index in [0.29, 0.717) is 18.6 Å². The van der Waals surface area contributed by atoms with Gasteiger partial charge in [-0.1, -0.05) is 31.9 Å². The zero-order chi connectivity index (χ0) is 18.4. The number of carbonyl (C=O) groups excluding carboxylic acids is 1. The molecule has 7 nitrogen and oxygen atoms in total. The normalized spacial score (nSPS) is 19.1. The van der Waals surface area contributed by atoms with Crippen LogP contribution in [0, 0.1) is 0 Å². The lowest BCUT2D eigenvalue weighted by molar-refractivity contribution is -0.123. The number of fused-ring (bicyclic) bond motifs is 1. The average Bonchev–Trinajstić information content (AvgIpc) is 2.82. The van der Waals surface area contributed by atoms with Crippen LogP contribution in [0.2, 0.25) is 0 Å². The predicted molar refractivity (Wildman–Crippen MR) is 96.1 cm³/mol. The number of nitrogens with one attached hydrogen (secondary N) is 2. The second-order valence-corrected chi connectivity index (χ2v) is 7.75. The molecule has 0 unspecified atom stereocenters. The van der Waals surface area contributed by atoms with E-state index in [2.05, 4.69) is 15.0 Å². The average molecular weight is 367 g/mol. The molecule has 138 valence electrons. The molecule has 25 heavy (non-hydrogen) atoms. The van der Waals surface area contributed by atoms with Crippen molar-refractivity contribution in [1.82, 2.24) is 10.0 Å². The van der Waals surface area contributed by atoms with Crippen LogP contribution in [0.5, 0.6) is 0 Å². The van der Waals surface area contributed by atoms with Crippen LogP contribution in [0.1, 0.15) is 38.7 Å². The Morgan fingerprint density at radius 3 is 2.76 bits per heavy atom. The summed E-state index contributed by atoms with van der Waals surface area (Å²) in [6.45, 7) is 4.28. The second-order valence-electron chi connectivity index (χ2n) is 6.10. The van der Waals surface area contributed by atoms with Crippen molar-refractivity contribution in [2.75, 3.05) is 13.7 Å². The first kappa shape index (κ1) is 19.4. The number of methoxy groups -OCH3 is 1. The third-order valence-corrected chi connectivity index (χ3v) is 5.28. The molecule has 1 aromatic carbocycles. The maximum Gasteiger partial charge on any atom is 0.263 e. The first-order valence-corrected chi connectivity index (χ1v) is 9.86. The summed E-state index contributed by atoms with van der Waals surface area (Å²) < 4.78 is 31.8. The summed E-state index contributed by atoms with van der Waals surface area (Å²) >= 11 is 0. The van der Waals surface area contributed by atoms with Crippen LogP contribution in [0.25, 0.3) is 0 Å². The van der Waals surface area contributed by atoms with E-state index in [1.54, 1.807) is 25.3 Å². The van der Waals surface area contributed by atoms with E-state index >= 15 is 0 Å². The molecule has 1 aliphatic rings. The molecule has 0 saturated carbocycles. The molecule has 0 aliphatic carbocycles. The molecule has 0 saturated heterocycles. The molecule has 0 bridgehead atoms. The predicted octanol–water partition coefficient (Wildman–Crippen LogP) is 1.44. The Labute approximate surface area is 148 Å². The van der Waals surface area contributed by atoms with Crippen LogP contribution in [0.4, 0.5) is 0 Å². The number of amides is 1. The maximum atomic E-state index is 12.5. The van der Waals surface area contributed by atoms with Crippen molar-refractivity contribution in [3.05, 3.63) is 29.8 Å². The molecule has 0 aromatic heterocycles. The van der Waals surface area contributed by atoms with E-state index in [9.17, 15) is 13.2 Å². The van der Waals surface area contributed by atoms with Gasteiger partial charge in [-0.05, 0) is 25.5 Å². The van der Waals surface area contributed by atoms with Crippen molar-refractivity contribution >= 4 is 21.8 Å². The molecule has 0 spiro atoms. The topological polar surface area (TPSA) is 96.9 Å². The lowest BCUT2D eigenvalue weighted by Crippen LogP contribution is -2.42. The van der Waals surface area contributed by atoms with Crippen molar-refractivity contribution in [2.45, 2.75) is 50.1 Å². The minimum atomic E-state index is -3.61. The van der Waals surface area contributed by atoms with Gasteiger partial charge in [-0.2, -0.15) is 0 Å². The Balaban J connectivity index is 2.27. The van der Waals surface area contributed by atoms with Crippen LogP contribution in [-0.4, -0.2) is 46.0 Å². The molecular weight excluding hydrogens is 342 g/mol. The van der Waals surface area contributed by atoms with Crippen molar-refractivity contribution in [3.8, 4) is 0 Å². The van der Waals surface area contributed by atoms with Gasteiger partial charge in [0.25, 0.3) is 10.0 Å². The van der Waals surface area contributed by atoms with Gasteiger partial charge in [0.05, 0.1) is 11.5 Å². The zero-order valence-corrected chi connectivity index (χ0v) is 15.6. The number of nitrogens with zero attached hydrogens (tertiary/aromatic N) is 1. The van der Waals surface area contributed by atoms with E-state index in [0.717, 1.165) is 12.8 Å². The lowest BCUT2D eigenvalue weighted by atomic mass is 10.1. The van der Waals surface area contributed by atoms with Crippen LogP contribution in [0.3, 0.4) is 0 Å². The number of sulfonamides is 1. The largest absolute Gasteiger partial charge is 0.383 e. The quantitative estimate of drug-likeness (QED) is 0.726. The number of ether oxygens (including phenoxy) is 1. The van der Waals surface area contributed by atoms with E-state index < -0.39 is 16.1 Å². The highest BCUT2D eigenvalue weighted by atomic mass is 32.2. The highest BCUT2D eigenvalue weighted by Gasteiger charge is 2.31. The SMILES string of the molecule is CCCC[C@@H](N=C1NS(=O)(=O)c2ccccc21)C(=O)N[C@@H](C)COC. The molecule has 1 aliphatic heterocycles. The molecule has 1 heterocycles. The van der Waals surface area contributed by atoms with Crippen molar-refractivity contribution in [3.63, 3.8) is 0 Å². The Hall–Kier alpha value is -1.93. The van der Waals surface area contributed by atoms with Crippen molar-refractivity contribution < 1.29 is 17.9 Å². The summed E-state index contributed by atoms with van der Waals surface area (Å²) in [5, 5.41) is 2.86. The summed E-state index contributed by atoms with van der Waals surface area (Å²) in [5.41, 5.74) is 0.502. The van der Waals surface area contributed by atoms with Gasteiger partial charge in [-0.3, -0.25) is 14.5 Å². The Bertz CT molecular complexity index is 746. The van der Waals surface area contributed by atoms with Gasteiger partial charge < -0.3 is 10.1 Å². The molecule has 8 heteroatoms. The number of benzene rings is 1. The molecule has 2 atom stereocenters. The first-order valence-electron chi connectivity index (χ1n) is 8.38. The maximum absolute atomic E-state index is 12.5. The molecule has 2 N–H and O–H groups in total. The summed E-state index contributed by atoms with van der Waals surface area (Å²) in [5.74, 6) is 0.000303. The van der Waals surface area contributed by atoms with E-state index in [1.165, 1.54) is 6.07 Å². The summed E-state index contributed by atoms with van der Waals surface area (Å²) in [6.07, 6.45) is 2.29. The third kappa shape index (κ3) is 4.79. The van der Waals surface area contributed by atoms with Crippen molar-refractivity contribution in [1.29, 1.82) is 0 Å². The molecule has 0 radical (unpaired) electrons. The van der Waals surface area contributed by atoms with Gasteiger partial charge in [0.1, 0.15) is 11.9 Å². The number of hydrogen-bond donors (Lipinski definition) is 2. The lowest BCUT2D eigenvalue weighted by Gasteiger charge is -2.17. The van der Waals surface area contributed by atoms with Gasteiger partial charge in [0.2, 0.25) is 5.91 Å². The standard InChI is InChI=1S/C17H25N3O4S/c1-4-5-9-14(17(21)18-12(2)11-24-3)19-16-13-8-6-7-10-15(13)25(22,23)20-16/h6-8,10,12,14H,4-5,9,11H2,1-3H3,(H,18,21)(H,19,20)/t12-,14+/m0/s1. The molecule has 0 fully saturated rings. The minimum absolute atomic E-state index is 0.144. The number of carbonyl (C=O) groups is 1. The third-order valence-electron chi connectivity index (χ3n) is 3.89. The van der Waals surface area contributed by atoms with Gasteiger partial charge in [0, 0.05) is 18.7 Å². The summed E-state index contributed by atoms with van der Waals surface area (Å²) in [6, 6.07) is 5.83. The molecule has 1 aromatic rings. The van der Waals surface area contributed by atoms with Gasteiger partial charge in [-0.25, -0.2) is 8.42 Å². The van der Waals surface area contributed by atoms with Crippen LogP contribution < -0.4 is 10.0 Å². The van der Waals surface area contributed by atoms with Gasteiger partial charge >= 0.3 is 0 Å². The Kier molecular flexibility index (Phi) is 6.55.